The zero-order valence-corrected chi connectivity index (χ0v) is 11.1. The Balaban J connectivity index is 2.01. The van der Waals surface area contributed by atoms with Crippen molar-refractivity contribution >= 4 is 15.9 Å². The zero-order chi connectivity index (χ0) is 13.2. The Hall–Kier alpha value is -0.750. The summed E-state index contributed by atoms with van der Waals surface area (Å²) >= 11 is 3.10. The number of halogens is 4. The Morgan fingerprint density at radius 3 is 2.72 bits per heavy atom. The van der Waals surface area contributed by atoms with Gasteiger partial charge in [0.15, 0.2) is 0 Å². The second-order valence-corrected chi connectivity index (χ2v) is 5.10. The van der Waals surface area contributed by atoms with Crippen LogP contribution in [0.5, 0.6) is 5.75 Å². The highest BCUT2D eigenvalue weighted by atomic mass is 79.9. The van der Waals surface area contributed by atoms with Gasteiger partial charge in [-0.25, -0.2) is 0 Å². The Morgan fingerprint density at radius 1 is 1.39 bits per heavy atom. The number of hydrogen-bond donors (Lipinski definition) is 1. The maximum Gasteiger partial charge on any atom is 0.416 e. The first-order valence-corrected chi connectivity index (χ1v) is 6.49. The van der Waals surface area contributed by atoms with Crippen molar-refractivity contribution in [3.05, 3.63) is 28.2 Å². The minimum Gasteiger partial charge on any atom is -0.491 e. The molecule has 0 bridgehead atoms. The van der Waals surface area contributed by atoms with Gasteiger partial charge in [0, 0.05) is 6.04 Å². The molecule has 1 aromatic rings. The fourth-order valence-corrected chi connectivity index (χ4v) is 2.38. The lowest BCUT2D eigenvalue weighted by Crippen LogP contribution is -2.28. The minimum absolute atomic E-state index is 0.291. The number of benzene rings is 1. The Labute approximate surface area is 112 Å². The van der Waals surface area contributed by atoms with E-state index in [0.717, 1.165) is 31.5 Å². The van der Waals surface area contributed by atoms with E-state index in [1.54, 1.807) is 0 Å². The van der Waals surface area contributed by atoms with Gasteiger partial charge in [0.05, 0.1) is 10.0 Å². The summed E-state index contributed by atoms with van der Waals surface area (Å²) in [6.45, 7) is 1.45. The molecule has 2 nitrogen and oxygen atoms in total. The number of nitrogens with one attached hydrogen (secondary N) is 1. The van der Waals surface area contributed by atoms with Gasteiger partial charge in [0.25, 0.3) is 0 Å². The summed E-state index contributed by atoms with van der Waals surface area (Å²) in [4.78, 5) is 0. The van der Waals surface area contributed by atoms with E-state index >= 15 is 0 Å². The standard InChI is InChI=1S/C12H13BrF3NO/c13-10-6-8(12(14,15)16)3-4-11(10)18-7-9-2-1-5-17-9/h3-4,6,9,17H,1-2,5,7H2. The Bertz CT molecular complexity index is 416. The molecule has 1 saturated heterocycles. The van der Waals surface area contributed by atoms with E-state index in [0.29, 0.717) is 22.9 Å². The van der Waals surface area contributed by atoms with E-state index in [4.69, 9.17) is 4.74 Å². The van der Waals surface area contributed by atoms with Crippen LogP contribution in [0.3, 0.4) is 0 Å². The van der Waals surface area contributed by atoms with E-state index in [9.17, 15) is 13.2 Å². The molecule has 1 heterocycles. The van der Waals surface area contributed by atoms with E-state index in [2.05, 4.69) is 21.2 Å². The number of ether oxygens (including phenoxy) is 1. The largest absolute Gasteiger partial charge is 0.491 e. The van der Waals surface area contributed by atoms with Crippen LogP contribution in [0.25, 0.3) is 0 Å². The fourth-order valence-electron chi connectivity index (χ4n) is 1.88. The van der Waals surface area contributed by atoms with Crippen LogP contribution in [0.15, 0.2) is 22.7 Å². The highest BCUT2D eigenvalue weighted by Crippen LogP contribution is 2.34. The van der Waals surface area contributed by atoms with Crippen molar-refractivity contribution in [3.8, 4) is 5.75 Å². The lowest BCUT2D eigenvalue weighted by atomic mass is 10.2. The van der Waals surface area contributed by atoms with Crippen LogP contribution >= 0.6 is 15.9 Å². The quantitative estimate of drug-likeness (QED) is 0.917. The monoisotopic (exact) mass is 323 g/mol. The molecule has 1 fully saturated rings. The third-order valence-corrected chi connectivity index (χ3v) is 3.48. The molecule has 0 amide bonds. The zero-order valence-electron chi connectivity index (χ0n) is 9.56. The van der Waals surface area contributed by atoms with Crippen LogP contribution in [0.4, 0.5) is 13.2 Å². The van der Waals surface area contributed by atoms with Gasteiger partial charge in [-0.15, -0.1) is 0 Å². The molecule has 0 aromatic heterocycles. The van der Waals surface area contributed by atoms with Crippen LogP contribution in [0, 0.1) is 0 Å². The summed E-state index contributed by atoms with van der Waals surface area (Å²) in [6.07, 6.45) is -2.17. The lowest BCUT2D eigenvalue weighted by molar-refractivity contribution is -0.137. The second kappa shape index (κ2) is 5.48. The second-order valence-electron chi connectivity index (χ2n) is 4.25. The molecular weight excluding hydrogens is 311 g/mol. The van der Waals surface area contributed by atoms with Crippen LogP contribution in [-0.2, 0) is 6.18 Å². The van der Waals surface area contributed by atoms with E-state index in [1.165, 1.54) is 6.07 Å². The first kappa shape index (κ1) is 13.7. The van der Waals surface area contributed by atoms with Crippen LogP contribution in [-0.4, -0.2) is 19.2 Å². The fraction of sp³-hybridized carbons (Fsp3) is 0.500. The van der Waals surface area contributed by atoms with Gasteiger partial charge < -0.3 is 10.1 Å². The van der Waals surface area contributed by atoms with Gasteiger partial charge in [-0.3, -0.25) is 0 Å². The van der Waals surface area contributed by atoms with Crippen LogP contribution in [0.2, 0.25) is 0 Å². The summed E-state index contributed by atoms with van der Waals surface area (Å²) in [7, 11) is 0. The average Bonchev–Trinajstić information content (AvgIpc) is 2.79. The van der Waals surface area contributed by atoms with Crippen molar-refractivity contribution in [2.24, 2.45) is 0 Å². The lowest BCUT2D eigenvalue weighted by Gasteiger charge is -2.14. The predicted molar refractivity (Wildman–Crippen MR) is 65.7 cm³/mol. The molecule has 1 aliphatic heterocycles. The van der Waals surface area contributed by atoms with Gasteiger partial charge >= 0.3 is 6.18 Å². The average molecular weight is 324 g/mol. The maximum atomic E-state index is 12.5. The smallest absolute Gasteiger partial charge is 0.416 e. The molecule has 6 heteroatoms. The molecule has 1 aliphatic rings. The van der Waals surface area contributed by atoms with Gasteiger partial charge in [0.1, 0.15) is 12.4 Å². The van der Waals surface area contributed by atoms with Crippen molar-refractivity contribution < 1.29 is 17.9 Å². The molecule has 18 heavy (non-hydrogen) atoms. The van der Waals surface area contributed by atoms with Crippen molar-refractivity contribution in [1.82, 2.24) is 5.32 Å². The van der Waals surface area contributed by atoms with Gasteiger partial charge in [-0.1, -0.05) is 0 Å². The normalized spacial score (nSPS) is 20.1. The summed E-state index contributed by atoms with van der Waals surface area (Å²) in [5, 5.41) is 3.26. The highest BCUT2D eigenvalue weighted by Gasteiger charge is 2.31. The van der Waals surface area contributed by atoms with Crippen molar-refractivity contribution in [2.75, 3.05) is 13.2 Å². The Morgan fingerprint density at radius 2 is 2.17 bits per heavy atom. The van der Waals surface area contributed by atoms with Crippen LogP contribution in [0.1, 0.15) is 18.4 Å². The Kier molecular flexibility index (Phi) is 4.17. The molecule has 1 N–H and O–H groups in total. The van der Waals surface area contributed by atoms with Crippen LogP contribution < -0.4 is 10.1 Å². The van der Waals surface area contributed by atoms with Crippen molar-refractivity contribution in [2.45, 2.75) is 25.1 Å². The molecule has 1 unspecified atom stereocenters. The SMILES string of the molecule is FC(F)(F)c1ccc(OCC2CCCN2)c(Br)c1. The first-order chi connectivity index (χ1) is 8.47. The molecule has 0 spiro atoms. The summed E-state index contributed by atoms with van der Waals surface area (Å²) in [6, 6.07) is 3.71. The predicted octanol–water partition coefficient (Wildman–Crippen LogP) is 3.60. The third kappa shape index (κ3) is 3.38. The topological polar surface area (TPSA) is 21.3 Å². The van der Waals surface area contributed by atoms with E-state index in [-0.39, 0.29) is 0 Å². The van der Waals surface area contributed by atoms with Crippen molar-refractivity contribution in [1.29, 1.82) is 0 Å². The molecule has 1 atom stereocenters. The first-order valence-electron chi connectivity index (χ1n) is 5.70. The number of rotatable bonds is 3. The van der Waals surface area contributed by atoms with Crippen molar-refractivity contribution in [3.63, 3.8) is 0 Å². The molecule has 0 radical (unpaired) electrons. The molecule has 0 aliphatic carbocycles. The number of hydrogen-bond acceptors (Lipinski definition) is 2. The maximum absolute atomic E-state index is 12.5. The van der Waals surface area contributed by atoms with Gasteiger partial charge in [0.2, 0.25) is 0 Å². The van der Waals surface area contributed by atoms with E-state index in [1.807, 2.05) is 0 Å². The minimum atomic E-state index is -4.33. The molecule has 1 aromatic carbocycles. The summed E-state index contributed by atoms with van der Waals surface area (Å²) in [5.41, 5.74) is -0.680. The summed E-state index contributed by atoms with van der Waals surface area (Å²) < 4.78 is 43.2. The third-order valence-electron chi connectivity index (χ3n) is 2.86. The highest BCUT2D eigenvalue weighted by molar-refractivity contribution is 9.10. The van der Waals surface area contributed by atoms with E-state index < -0.39 is 11.7 Å². The molecular formula is C12H13BrF3NO. The van der Waals surface area contributed by atoms with Gasteiger partial charge in [-0.2, -0.15) is 13.2 Å². The van der Waals surface area contributed by atoms with Gasteiger partial charge in [-0.05, 0) is 53.5 Å². The summed E-state index contributed by atoms with van der Waals surface area (Å²) in [5.74, 6) is 0.441. The number of alkyl halides is 3. The molecule has 100 valence electrons. The molecule has 2 rings (SSSR count). The molecule has 0 saturated carbocycles.